The van der Waals surface area contributed by atoms with E-state index in [9.17, 15) is 0 Å². The van der Waals surface area contributed by atoms with Gasteiger partial charge in [0.2, 0.25) is 0 Å². The maximum atomic E-state index is 4.21. The Bertz CT molecular complexity index is 545. The molecule has 2 heterocycles. The van der Waals surface area contributed by atoms with Gasteiger partial charge in [0.1, 0.15) is 12.2 Å². The number of nitrogens with zero attached hydrogens (tertiary/aromatic N) is 4. The van der Waals surface area contributed by atoms with Crippen molar-refractivity contribution in [3.63, 3.8) is 0 Å². The molecule has 7 heteroatoms. The summed E-state index contributed by atoms with van der Waals surface area (Å²) in [4.78, 5) is 8.38. The van der Waals surface area contributed by atoms with Gasteiger partial charge in [-0.05, 0) is 28.3 Å². The molecule has 2 rings (SSSR count). The van der Waals surface area contributed by atoms with Gasteiger partial charge in [0.05, 0.1) is 6.54 Å². The number of aromatic nitrogens is 3. The van der Waals surface area contributed by atoms with Crippen molar-refractivity contribution in [2.75, 3.05) is 13.6 Å². The average molecular weight is 292 g/mol. The van der Waals surface area contributed by atoms with Gasteiger partial charge in [0.15, 0.2) is 5.96 Å². The first-order valence-corrected chi connectivity index (χ1v) is 7.44. The van der Waals surface area contributed by atoms with Crippen molar-refractivity contribution in [1.29, 1.82) is 0 Å². The highest BCUT2D eigenvalue weighted by Gasteiger charge is 2.07. The molecule has 1 atom stereocenters. The van der Waals surface area contributed by atoms with Gasteiger partial charge in [-0.2, -0.15) is 16.4 Å². The van der Waals surface area contributed by atoms with Crippen molar-refractivity contribution in [3.8, 4) is 0 Å². The maximum Gasteiger partial charge on any atom is 0.191 e. The minimum absolute atomic E-state index is 0.453. The van der Waals surface area contributed by atoms with Crippen LogP contribution in [-0.2, 0) is 13.6 Å². The van der Waals surface area contributed by atoms with Crippen LogP contribution < -0.4 is 10.6 Å². The molecule has 0 saturated carbocycles. The Morgan fingerprint density at radius 1 is 1.50 bits per heavy atom. The topological polar surface area (TPSA) is 67.1 Å². The molecule has 20 heavy (non-hydrogen) atoms. The largest absolute Gasteiger partial charge is 0.356 e. The molecule has 0 amide bonds. The maximum absolute atomic E-state index is 4.21. The van der Waals surface area contributed by atoms with Crippen LogP contribution in [0.5, 0.6) is 0 Å². The van der Waals surface area contributed by atoms with Crippen molar-refractivity contribution < 1.29 is 0 Å². The van der Waals surface area contributed by atoms with Crippen molar-refractivity contribution >= 4 is 17.3 Å². The predicted octanol–water partition coefficient (Wildman–Crippen LogP) is 1.35. The molecule has 0 aliphatic heterocycles. The number of hydrogen-bond acceptors (Lipinski definition) is 4. The van der Waals surface area contributed by atoms with Crippen LogP contribution in [0.15, 0.2) is 28.1 Å². The molecule has 1 unspecified atom stereocenters. The van der Waals surface area contributed by atoms with Gasteiger partial charge >= 0.3 is 0 Å². The van der Waals surface area contributed by atoms with Crippen LogP contribution in [0.25, 0.3) is 0 Å². The van der Waals surface area contributed by atoms with Crippen molar-refractivity contribution in [3.05, 3.63) is 34.5 Å². The summed E-state index contributed by atoms with van der Waals surface area (Å²) in [7, 11) is 3.64. The molecule has 108 valence electrons. The number of hydrogen-bond donors (Lipinski definition) is 2. The minimum Gasteiger partial charge on any atom is -0.356 e. The van der Waals surface area contributed by atoms with Crippen LogP contribution >= 0.6 is 11.3 Å². The Morgan fingerprint density at radius 3 is 2.95 bits per heavy atom. The van der Waals surface area contributed by atoms with Crippen LogP contribution in [-0.4, -0.2) is 34.3 Å². The van der Waals surface area contributed by atoms with E-state index in [0.29, 0.717) is 12.5 Å². The van der Waals surface area contributed by atoms with Crippen LogP contribution in [0.4, 0.5) is 0 Å². The summed E-state index contributed by atoms with van der Waals surface area (Å²) in [6.07, 6.45) is 1.55. The fourth-order valence-electron chi connectivity index (χ4n) is 1.79. The Balaban J connectivity index is 1.80. The second kappa shape index (κ2) is 7.04. The molecule has 0 aliphatic carbocycles. The molecule has 2 aromatic heterocycles. The normalized spacial score (nSPS) is 13.2. The van der Waals surface area contributed by atoms with E-state index in [1.54, 1.807) is 29.4 Å². The third-order valence-corrected chi connectivity index (χ3v) is 3.83. The molecule has 0 spiro atoms. The second-order valence-electron chi connectivity index (χ2n) is 4.56. The lowest BCUT2D eigenvalue weighted by molar-refractivity contribution is 0.661. The number of guanidine groups is 1. The third kappa shape index (κ3) is 3.80. The molecule has 0 bridgehead atoms. The van der Waals surface area contributed by atoms with Gasteiger partial charge in [0, 0.05) is 20.6 Å². The van der Waals surface area contributed by atoms with E-state index in [2.05, 4.69) is 49.5 Å². The summed E-state index contributed by atoms with van der Waals surface area (Å²) < 4.78 is 1.74. The van der Waals surface area contributed by atoms with Gasteiger partial charge in [-0.25, -0.2) is 4.98 Å². The van der Waals surface area contributed by atoms with Crippen molar-refractivity contribution in [2.24, 2.45) is 12.0 Å². The second-order valence-corrected chi connectivity index (χ2v) is 5.34. The highest BCUT2D eigenvalue weighted by atomic mass is 32.1. The zero-order valence-corrected chi connectivity index (χ0v) is 12.8. The quantitative estimate of drug-likeness (QED) is 0.645. The first kappa shape index (κ1) is 14.5. The number of rotatable bonds is 5. The molecule has 2 N–H and O–H groups in total. The summed E-state index contributed by atoms with van der Waals surface area (Å²) in [6, 6.07) is 2.16. The van der Waals surface area contributed by atoms with Gasteiger partial charge < -0.3 is 10.6 Å². The summed E-state index contributed by atoms with van der Waals surface area (Å²) >= 11 is 1.73. The zero-order chi connectivity index (χ0) is 14.4. The van der Waals surface area contributed by atoms with E-state index in [4.69, 9.17) is 0 Å². The van der Waals surface area contributed by atoms with Gasteiger partial charge in [0.25, 0.3) is 0 Å². The standard InChI is InChI=1S/C13H20N6S/c1-10(11-4-5-20-8-11)6-15-13(14-2)16-7-12-17-9-18-19(12)3/h4-5,8-10H,6-7H2,1-3H3,(H2,14,15,16). The molecule has 0 saturated heterocycles. The highest BCUT2D eigenvalue weighted by Crippen LogP contribution is 2.16. The van der Waals surface area contributed by atoms with Crippen LogP contribution in [0.2, 0.25) is 0 Å². The number of nitrogens with one attached hydrogen (secondary N) is 2. The lowest BCUT2D eigenvalue weighted by Gasteiger charge is -2.15. The van der Waals surface area contributed by atoms with Crippen LogP contribution in [0.1, 0.15) is 24.2 Å². The third-order valence-electron chi connectivity index (χ3n) is 3.13. The predicted molar refractivity (Wildman–Crippen MR) is 81.9 cm³/mol. The molecular formula is C13H20N6S. The highest BCUT2D eigenvalue weighted by molar-refractivity contribution is 7.07. The molecule has 0 aromatic carbocycles. The lowest BCUT2D eigenvalue weighted by atomic mass is 10.1. The summed E-state index contributed by atoms with van der Waals surface area (Å²) in [5.74, 6) is 2.10. The Hall–Kier alpha value is -1.89. The van der Waals surface area contributed by atoms with Crippen LogP contribution in [0.3, 0.4) is 0 Å². The summed E-state index contributed by atoms with van der Waals surface area (Å²) in [6.45, 7) is 3.64. The Labute approximate surface area is 123 Å². The Morgan fingerprint density at radius 2 is 2.35 bits per heavy atom. The molecular weight excluding hydrogens is 272 g/mol. The molecule has 0 aliphatic rings. The smallest absolute Gasteiger partial charge is 0.191 e. The van der Waals surface area contributed by atoms with E-state index in [1.165, 1.54) is 5.56 Å². The number of aliphatic imine (C=N–C) groups is 1. The van der Waals surface area contributed by atoms with E-state index in [0.717, 1.165) is 18.3 Å². The van der Waals surface area contributed by atoms with Gasteiger partial charge in [-0.3, -0.25) is 9.67 Å². The lowest BCUT2D eigenvalue weighted by Crippen LogP contribution is -2.39. The van der Waals surface area contributed by atoms with Gasteiger partial charge in [-0.1, -0.05) is 6.92 Å². The summed E-state index contributed by atoms with van der Waals surface area (Å²) in [5, 5.41) is 14.9. The van der Waals surface area contributed by atoms with Gasteiger partial charge in [-0.15, -0.1) is 0 Å². The number of thiophene rings is 1. The molecule has 0 fully saturated rings. The fraction of sp³-hybridized carbons (Fsp3) is 0.462. The fourth-order valence-corrected chi connectivity index (χ4v) is 2.57. The van der Waals surface area contributed by atoms with E-state index < -0.39 is 0 Å². The Kier molecular flexibility index (Phi) is 5.11. The van der Waals surface area contributed by atoms with Crippen LogP contribution in [0, 0.1) is 0 Å². The van der Waals surface area contributed by atoms with Crippen molar-refractivity contribution in [2.45, 2.75) is 19.4 Å². The van der Waals surface area contributed by atoms with E-state index in [1.807, 2.05) is 7.05 Å². The SMILES string of the molecule is CN=C(NCc1ncnn1C)NCC(C)c1ccsc1. The van der Waals surface area contributed by atoms with Crippen molar-refractivity contribution in [1.82, 2.24) is 25.4 Å². The zero-order valence-electron chi connectivity index (χ0n) is 12.0. The van der Waals surface area contributed by atoms with E-state index >= 15 is 0 Å². The van der Waals surface area contributed by atoms with E-state index in [-0.39, 0.29) is 0 Å². The number of aryl methyl sites for hydroxylation is 1. The molecule has 6 nitrogen and oxygen atoms in total. The summed E-state index contributed by atoms with van der Waals surface area (Å²) in [5.41, 5.74) is 1.35. The first-order chi connectivity index (χ1) is 9.70. The monoisotopic (exact) mass is 292 g/mol. The molecule has 2 aromatic rings. The minimum atomic E-state index is 0.453. The first-order valence-electron chi connectivity index (χ1n) is 6.50. The average Bonchev–Trinajstić information content (AvgIpc) is 3.10. The molecule has 0 radical (unpaired) electrons.